The van der Waals surface area contributed by atoms with E-state index in [-0.39, 0.29) is 0 Å². The number of carbonyl (C=O) groups is 1. The molecule has 1 aromatic heterocycles. The van der Waals surface area contributed by atoms with Crippen LogP contribution in [0.3, 0.4) is 0 Å². The number of nitrogens with one attached hydrogen (secondary N) is 2. The van der Waals surface area contributed by atoms with E-state index in [2.05, 4.69) is 10.3 Å². The lowest BCUT2D eigenvalue weighted by molar-refractivity contribution is -0.124. The van der Waals surface area contributed by atoms with E-state index in [9.17, 15) is 9.18 Å². The average Bonchev–Trinajstić information content (AvgIpc) is 2.72. The predicted octanol–water partition coefficient (Wildman–Crippen LogP) is 4.14. The fourth-order valence-electron chi connectivity index (χ4n) is 2.44. The van der Waals surface area contributed by atoms with Gasteiger partial charge in [-0.05, 0) is 48.5 Å². The van der Waals surface area contributed by atoms with Crippen molar-refractivity contribution in [3.8, 4) is 11.5 Å². The van der Waals surface area contributed by atoms with Crippen LogP contribution in [0.2, 0.25) is 0 Å². The Morgan fingerprint density at radius 1 is 1.14 bits per heavy atom. The molecule has 0 saturated heterocycles. The highest BCUT2D eigenvalue weighted by Crippen LogP contribution is 2.29. The second-order valence-corrected chi connectivity index (χ2v) is 5.80. The first-order valence-corrected chi connectivity index (χ1v) is 8.47. The highest BCUT2D eigenvalue weighted by molar-refractivity contribution is 5.91. The normalized spacial score (nSPS) is 10.6. The minimum Gasteiger partial charge on any atom is -0.457 e. The van der Waals surface area contributed by atoms with Gasteiger partial charge >= 0.3 is 0 Å². The number of anilines is 1. The topological polar surface area (TPSA) is 83.5 Å². The summed E-state index contributed by atoms with van der Waals surface area (Å²) in [6.45, 7) is 0.519. The number of hydrogen-bond donors (Lipinski definition) is 3. The number of pyridine rings is 1. The van der Waals surface area contributed by atoms with Crippen LogP contribution in [0.1, 0.15) is 11.3 Å². The van der Waals surface area contributed by atoms with Gasteiger partial charge in [0.15, 0.2) is 0 Å². The number of rotatable bonds is 7. The van der Waals surface area contributed by atoms with Crippen molar-refractivity contribution in [1.29, 1.82) is 0 Å². The van der Waals surface area contributed by atoms with Crippen molar-refractivity contribution in [1.82, 2.24) is 10.5 Å². The van der Waals surface area contributed by atoms with E-state index < -0.39 is 11.7 Å². The van der Waals surface area contributed by atoms with Crippen LogP contribution in [0.4, 0.5) is 10.1 Å². The van der Waals surface area contributed by atoms with E-state index in [0.717, 1.165) is 17.5 Å². The Labute approximate surface area is 161 Å². The molecule has 0 saturated carbocycles. The number of hydroxylamine groups is 1. The number of benzene rings is 2. The summed E-state index contributed by atoms with van der Waals surface area (Å²) in [4.78, 5) is 15.6. The SMILES string of the molecule is O=C(C=Cc1cc(NCc2ccccn2)ccc1Oc1cccc(F)c1)NO. The fraction of sp³-hybridized carbons (Fsp3) is 0.0476. The maximum absolute atomic E-state index is 13.4. The summed E-state index contributed by atoms with van der Waals surface area (Å²) in [6.07, 6.45) is 4.37. The zero-order valence-electron chi connectivity index (χ0n) is 14.8. The average molecular weight is 379 g/mol. The lowest BCUT2D eigenvalue weighted by atomic mass is 10.1. The molecule has 0 bridgehead atoms. The van der Waals surface area contributed by atoms with Crippen LogP contribution in [-0.4, -0.2) is 16.1 Å². The Balaban J connectivity index is 1.83. The van der Waals surface area contributed by atoms with Crippen molar-refractivity contribution >= 4 is 17.7 Å². The Morgan fingerprint density at radius 3 is 2.79 bits per heavy atom. The second-order valence-electron chi connectivity index (χ2n) is 5.80. The number of carbonyl (C=O) groups excluding carboxylic acids is 1. The van der Waals surface area contributed by atoms with E-state index in [1.807, 2.05) is 18.2 Å². The molecule has 28 heavy (non-hydrogen) atoms. The minimum atomic E-state index is -0.677. The number of amides is 1. The number of nitrogens with zero attached hydrogens (tertiary/aromatic N) is 1. The van der Waals surface area contributed by atoms with Crippen LogP contribution in [0.5, 0.6) is 11.5 Å². The second kappa shape index (κ2) is 9.29. The molecule has 0 aliphatic rings. The van der Waals surface area contributed by atoms with Gasteiger partial charge in [-0.25, -0.2) is 9.87 Å². The van der Waals surface area contributed by atoms with Crippen molar-refractivity contribution in [3.05, 3.63) is 90.0 Å². The van der Waals surface area contributed by atoms with Gasteiger partial charge in [0.2, 0.25) is 0 Å². The molecular formula is C21H18FN3O3. The molecule has 0 aliphatic carbocycles. The molecule has 142 valence electrons. The van der Waals surface area contributed by atoms with Crippen molar-refractivity contribution in [2.45, 2.75) is 6.54 Å². The van der Waals surface area contributed by atoms with E-state index >= 15 is 0 Å². The molecule has 0 spiro atoms. The molecule has 0 radical (unpaired) electrons. The molecule has 7 heteroatoms. The monoisotopic (exact) mass is 379 g/mol. The summed E-state index contributed by atoms with van der Waals surface area (Å²) in [5.41, 5.74) is 3.75. The van der Waals surface area contributed by atoms with Crippen LogP contribution >= 0.6 is 0 Å². The van der Waals surface area contributed by atoms with Gasteiger partial charge in [0, 0.05) is 29.6 Å². The van der Waals surface area contributed by atoms with Gasteiger partial charge < -0.3 is 10.1 Å². The molecular weight excluding hydrogens is 361 g/mol. The van der Waals surface area contributed by atoms with Gasteiger partial charge in [-0.3, -0.25) is 15.0 Å². The fourth-order valence-corrected chi connectivity index (χ4v) is 2.44. The smallest absolute Gasteiger partial charge is 0.267 e. The molecule has 3 aromatic rings. The van der Waals surface area contributed by atoms with E-state index in [1.165, 1.54) is 23.7 Å². The molecule has 2 aromatic carbocycles. The Kier molecular flexibility index (Phi) is 6.33. The molecule has 0 atom stereocenters. The number of aromatic nitrogens is 1. The summed E-state index contributed by atoms with van der Waals surface area (Å²) in [5, 5.41) is 11.9. The van der Waals surface area contributed by atoms with Crippen LogP contribution in [-0.2, 0) is 11.3 Å². The van der Waals surface area contributed by atoms with E-state index in [1.54, 1.807) is 36.5 Å². The molecule has 0 unspecified atom stereocenters. The molecule has 0 fully saturated rings. The Morgan fingerprint density at radius 2 is 2.04 bits per heavy atom. The Bertz CT molecular complexity index is 978. The van der Waals surface area contributed by atoms with Gasteiger partial charge in [-0.1, -0.05) is 12.1 Å². The summed E-state index contributed by atoms with van der Waals surface area (Å²) >= 11 is 0. The van der Waals surface area contributed by atoms with Crippen molar-refractivity contribution in [2.24, 2.45) is 0 Å². The van der Waals surface area contributed by atoms with E-state index in [4.69, 9.17) is 9.94 Å². The van der Waals surface area contributed by atoms with Gasteiger partial charge in [0.25, 0.3) is 5.91 Å². The maximum atomic E-state index is 13.4. The van der Waals surface area contributed by atoms with Crippen LogP contribution in [0.15, 0.2) is 72.9 Å². The molecule has 0 aliphatic heterocycles. The highest BCUT2D eigenvalue weighted by Gasteiger charge is 2.07. The molecule has 1 amide bonds. The van der Waals surface area contributed by atoms with Crippen LogP contribution < -0.4 is 15.5 Å². The van der Waals surface area contributed by atoms with Crippen molar-refractivity contribution in [3.63, 3.8) is 0 Å². The zero-order valence-corrected chi connectivity index (χ0v) is 14.8. The number of halogens is 1. The van der Waals surface area contributed by atoms with Gasteiger partial charge in [-0.2, -0.15) is 0 Å². The summed E-state index contributed by atoms with van der Waals surface area (Å²) in [5.74, 6) is -0.335. The molecule has 3 rings (SSSR count). The van der Waals surface area contributed by atoms with Gasteiger partial charge in [0.05, 0.1) is 12.2 Å². The first kappa shape index (κ1) is 19.1. The largest absolute Gasteiger partial charge is 0.457 e. The third-order valence-corrected chi connectivity index (χ3v) is 3.76. The first-order chi connectivity index (χ1) is 13.6. The van der Waals surface area contributed by atoms with Crippen molar-refractivity contribution in [2.75, 3.05) is 5.32 Å². The maximum Gasteiger partial charge on any atom is 0.267 e. The van der Waals surface area contributed by atoms with Gasteiger partial charge in [0.1, 0.15) is 17.3 Å². The number of ether oxygens (including phenoxy) is 1. The standard InChI is InChI=1S/C21H18FN3O3/c22-16-4-3-6-19(13-16)28-20-9-8-17(12-15(20)7-10-21(26)25-27)24-14-18-5-1-2-11-23-18/h1-13,24,27H,14H2,(H,25,26). The predicted molar refractivity (Wildman–Crippen MR) is 103 cm³/mol. The molecule has 3 N–H and O–H groups in total. The first-order valence-electron chi connectivity index (χ1n) is 8.47. The lowest BCUT2D eigenvalue weighted by Gasteiger charge is -2.12. The summed E-state index contributed by atoms with van der Waals surface area (Å²) in [6, 6.07) is 16.7. The lowest BCUT2D eigenvalue weighted by Crippen LogP contribution is -2.14. The minimum absolute atomic E-state index is 0.329. The quantitative estimate of drug-likeness (QED) is 0.326. The highest BCUT2D eigenvalue weighted by atomic mass is 19.1. The molecule has 6 nitrogen and oxygen atoms in total. The summed E-state index contributed by atoms with van der Waals surface area (Å²) < 4.78 is 19.2. The number of hydrogen-bond acceptors (Lipinski definition) is 5. The van der Waals surface area contributed by atoms with Crippen molar-refractivity contribution < 1.29 is 19.1 Å². The Hall–Kier alpha value is -3.71. The summed E-state index contributed by atoms with van der Waals surface area (Å²) in [7, 11) is 0. The van der Waals surface area contributed by atoms with Crippen LogP contribution in [0, 0.1) is 5.82 Å². The molecule has 1 heterocycles. The van der Waals surface area contributed by atoms with Crippen LogP contribution in [0.25, 0.3) is 6.08 Å². The van der Waals surface area contributed by atoms with Gasteiger partial charge in [-0.15, -0.1) is 0 Å². The third-order valence-electron chi connectivity index (χ3n) is 3.76. The van der Waals surface area contributed by atoms with E-state index in [0.29, 0.717) is 23.6 Å². The zero-order chi connectivity index (χ0) is 19.8. The third kappa shape index (κ3) is 5.39.